The molecule has 0 unspecified atom stereocenters. The van der Waals surface area contributed by atoms with Gasteiger partial charge in [-0.15, -0.1) is 24.8 Å². The molecule has 0 bridgehead atoms. The van der Waals surface area contributed by atoms with E-state index >= 15 is 0 Å². The number of hydrogen-bond acceptors (Lipinski definition) is 7. The number of benzene rings is 2. The number of nitrogens with zero attached hydrogens (tertiary/aromatic N) is 3. The molecule has 1 aliphatic rings. The van der Waals surface area contributed by atoms with Gasteiger partial charge in [-0.05, 0) is 44.0 Å². The van der Waals surface area contributed by atoms with E-state index in [0.29, 0.717) is 29.3 Å². The number of para-hydroxylation sites is 1. The Kier molecular flexibility index (Phi) is 19.6. The Bertz CT molecular complexity index is 1430. The summed E-state index contributed by atoms with van der Waals surface area (Å²) in [4.78, 5) is 21.5. The van der Waals surface area contributed by atoms with Gasteiger partial charge in [0.25, 0.3) is 0 Å². The van der Waals surface area contributed by atoms with Gasteiger partial charge in [-0.25, -0.2) is 4.79 Å². The molecule has 42 heavy (non-hydrogen) atoms. The van der Waals surface area contributed by atoms with Crippen molar-refractivity contribution in [1.82, 2.24) is 9.88 Å². The molecule has 0 spiro atoms. The van der Waals surface area contributed by atoms with Crippen molar-refractivity contribution in [3.63, 3.8) is 0 Å². The molecule has 2 aromatic carbocycles. The van der Waals surface area contributed by atoms with E-state index in [4.69, 9.17) is 13.9 Å². The summed E-state index contributed by atoms with van der Waals surface area (Å²) in [7, 11) is 1.60. The van der Waals surface area contributed by atoms with Gasteiger partial charge < -0.3 is 46.2 Å². The molecule has 0 aliphatic carbocycles. The molecule has 2 aromatic heterocycles. The second-order valence-corrected chi connectivity index (χ2v) is 9.02. The van der Waals surface area contributed by atoms with Crippen LogP contribution < -0.4 is 20.0 Å². The summed E-state index contributed by atoms with van der Waals surface area (Å²) in [5.74, 6) is 1.24. The van der Waals surface area contributed by atoms with Gasteiger partial charge >= 0.3 is 5.63 Å². The van der Waals surface area contributed by atoms with Crippen molar-refractivity contribution < 1.29 is 41.3 Å². The maximum absolute atomic E-state index is 12.0. The fourth-order valence-corrected chi connectivity index (χ4v) is 4.75. The van der Waals surface area contributed by atoms with Gasteiger partial charge in [0.2, 0.25) is 0 Å². The molecule has 1 saturated heterocycles. The topological polar surface area (TPSA) is 226 Å². The monoisotopic (exact) mass is 635 g/mol. The van der Waals surface area contributed by atoms with E-state index in [1.807, 2.05) is 25.3 Å². The fourth-order valence-electron chi connectivity index (χ4n) is 4.75. The first kappa shape index (κ1) is 43.3. The fraction of sp³-hybridized carbons (Fsp3) is 0.357. The normalized spacial score (nSPS) is 12.1. The van der Waals surface area contributed by atoms with Gasteiger partial charge in [-0.2, -0.15) is 0 Å². The van der Waals surface area contributed by atoms with Gasteiger partial charge in [0.1, 0.15) is 5.58 Å². The average molecular weight is 637 g/mol. The van der Waals surface area contributed by atoms with Crippen LogP contribution in [0.15, 0.2) is 57.9 Å². The van der Waals surface area contributed by atoms with Crippen LogP contribution in [-0.2, 0) is 0 Å². The maximum Gasteiger partial charge on any atom is 0.339 e. The van der Waals surface area contributed by atoms with E-state index in [-0.39, 0.29) is 57.8 Å². The summed E-state index contributed by atoms with van der Waals surface area (Å²) in [6, 6.07) is 14.1. The Labute approximate surface area is 256 Å². The molecule has 12 nitrogen and oxygen atoms in total. The van der Waals surface area contributed by atoms with Crippen molar-refractivity contribution in [3.05, 3.63) is 70.2 Å². The van der Waals surface area contributed by atoms with Gasteiger partial charge in [-0.1, -0.05) is 18.2 Å². The number of anilines is 1. The summed E-state index contributed by atoms with van der Waals surface area (Å²) in [6.45, 7) is 9.27. The highest BCUT2D eigenvalue weighted by atomic mass is 35.5. The van der Waals surface area contributed by atoms with Crippen molar-refractivity contribution in [2.45, 2.75) is 20.3 Å². The smallest absolute Gasteiger partial charge is 0.339 e. The van der Waals surface area contributed by atoms with Crippen LogP contribution in [0, 0.1) is 13.8 Å². The predicted molar refractivity (Wildman–Crippen MR) is 172 cm³/mol. The summed E-state index contributed by atoms with van der Waals surface area (Å²) in [5.41, 5.74) is 4.01. The molecule has 238 valence electrons. The van der Waals surface area contributed by atoms with Gasteiger partial charge in [0.15, 0.2) is 11.5 Å². The Morgan fingerprint density at radius 1 is 0.881 bits per heavy atom. The predicted octanol–water partition coefficient (Wildman–Crippen LogP) is 1.28. The van der Waals surface area contributed by atoms with Crippen molar-refractivity contribution in [3.8, 4) is 11.5 Å². The standard InChI is InChI=1S/C28H31N3O4.2ClH.5H2O/c1-19-20(2)28(32)35-24-18-25(33-3)26(17-22(19)24)34-16-6-11-30-12-14-31(15-13-30)23-9-4-7-21-8-5-10-29-27(21)23;;;;;;;/h4-5,7-10,17-18H,6,11-16H2,1-3H3;2*1H;5*1H2. The van der Waals surface area contributed by atoms with Crippen LogP contribution >= 0.6 is 24.8 Å². The van der Waals surface area contributed by atoms with Gasteiger partial charge in [-0.3, -0.25) is 9.88 Å². The molecule has 3 heterocycles. The van der Waals surface area contributed by atoms with E-state index in [1.54, 1.807) is 20.1 Å². The lowest BCUT2D eigenvalue weighted by Gasteiger charge is -2.36. The summed E-state index contributed by atoms with van der Waals surface area (Å²) >= 11 is 0. The third-order valence-electron chi connectivity index (χ3n) is 6.94. The van der Waals surface area contributed by atoms with E-state index in [1.165, 1.54) is 11.1 Å². The van der Waals surface area contributed by atoms with E-state index < -0.39 is 0 Å². The number of methoxy groups -OCH3 is 1. The van der Waals surface area contributed by atoms with Crippen LogP contribution in [0.4, 0.5) is 5.69 Å². The molecule has 5 rings (SSSR count). The molecule has 0 amide bonds. The Hall–Kier alpha value is -3.20. The van der Waals surface area contributed by atoms with E-state index in [2.05, 4.69) is 39.0 Å². The lowest BCUT2D eigenvalue weighted by molar-refractivity contribution is 0.221. The lowest BCUT2D eigenvalue weighted by Crippen LogP contribution is -2.46. The van der Waals surface area contributed by atoms with Crippen molar-refractivity contribution in [2.24, 2.45) is 0 Å². The molecule has 4 aromatic rings. The third-order valence-corrected chi connectivity index (χ3v) is 6.94. The number of pyridine rings is 1. The zero-order valence-corrected chi connectivity index (χ0v) is 25.5. The van der Waals surface area contributed by atoms with Crippen molar-refractivity contribution in [2.75, 3.05) is 51.3 Å². The maximum atomic E-state index is 12.0. The minimum absolute atomic E-state index is 0. The van der Waals surface area contributed by atoms with Crippen LogP contribution in [0.3, 0.4) is 0 Å². The number of aromatic nitrogens is 1. The second kappa shape index (κ2) is 19.1. The quantitative estimate of drug-likeness (QED) is 0.213. The first-order valence-corrected chi connectivity index (χ1v) is 12.1. The van der Waals surface area contributed by atoms with E-state index in [9.17, 15) is 4.79 Å². The molecule has 1 fully saturated rings. The number of piperazine rings is 1. The number of fused-ring (bicyclic) bond motifs is 2. The van der Waals surface area contributed by atoms with Crippen molar-refractivity contribution >= 4 is 52.4 Å². The highest BCUT2D eigenvalue weighted by molar-refractivity contribution is 5.90. The third kappa shape index (κ3) is 8.90. The summed E-state index contributed by atoms with van der Waals surface area (Å²) < 4.78 is 17.0. The number of aryl methyl sites for hydroxylation is 1. The largest absolute Gasteiger partial charge is 0.493 e. The zero-order valence-electron chi connectivity index (χ0n) is 23.9. The Morgan fingerprint density at radius 3 is 2.21 bits per heavy atom. The number of ether oxygens (including phenoxy) is 2. The van der Waals surface area contributed by atoms with E-state index in [0.717, 1.165) is 55.6 Å². The van der Waals surface area contributed by atoms with Crippen LogP contribution in [0.5, 0.6) is 11.5 Å². The molecule has 14 heteroatoms. The lowest BCUT2D eigenvalue weighted by atomic mass is 10.1. The molecular formula is C28H43Cl2N3O9. The minimum Gasteiger partial charge on any atom is -0.493 e. The van der Waals surface area contributed by atoms with Crippen LogP contribution in [-0.4, -0.2) is 83.7 Å². The Morgan fingerprint density at radius 2 is 1.55 bits per heavy atom. The molecule has 0 radical (unpaired) electrons. The number of rotatable bonds is 7. The average Bonchev–Trinajstić information content (AvgIpc) is 2.90. The molecule has 0 saturated carbocycles. The summed E-state index contributed by atoms with van der Waals surface area (Å²) in [6.07, 6.45) is 2.78. The second-order valence-electron chi connectivity index (χ2n) is 9.02. The number of halogens is 2. The summed E-state index contributed by atoms with van der Waals surface area (Å²) in [5, 5.41) is 2.05. The molecule has 10 N–H and O–H groups in total. The first-order chi connectivity index (χ1) is 17.0. The number of hydrogen-bond donors (Lipinski definition) is 0. The van der Waals surface area contributed by atoms with Gasteiger partial charge in [0.05, 0.1) is 24.9 Å². The highest BCUT2D eigenvalue weighted by Gasteiger charge is 2.19. The Balaban J connectivity index is -0.00000217. The van der Waals surface area contributed by atoms with Crippen LogP contribution in [0.2, 0.25) is 0 Å². The highest BCUT2D eigenvalue weighted by Crippen LogP contribution is 2.34. The van der Waals surface area contributed by atoms with Crippen LogP contribution in [0.1, 0.15) is 17.5 Å². The molecule has 0 atom stereocenters. The van der Waals surface area contributed by atoms with Gasteiger partial charge in [0, 0.05) is 61.3 Å². The first-order valence-electron chi connectivity index (χ1n) is 12.1. The zero-order chi connectivity index (χ0) is 24.4. The molecule has 1 aliphatic heterocycles. The van der Waals surface area contributed by atoms with Crippen molar-refractivity contribution in [1.29, 1.82) is 0 Å². The molecular weight excluding hydrogens is 593 g/mol. The van der Waals surface area contributed by atoms with Crippen LogP contribution in [0.25, 0.3) is 21.9 Å². The minimum atomic E-state index is -0.317. The SMILES string of the molecule is COc1cc2oc(=O)c(C)c(C)c2cc1OCCCN1CCN(c2cccc3cccnc23)CC1.Cl.Cl.O.O.O.O.O.